The smallest absolute Gasteiger partial charge is 0.233 e. The van der Waals surface area contributed by atoms with Crippen LogP contribution in [0.1, 0.15) is 40.0 Å². The molecule has 2 atom stereocenters. The van der Waals surface area contributed by atoms with Crippen LogP contribution in [0.4, 0.5) is 0 Å². The molecule has 0 spiro atoms. The van der Waals surface area contributed by atoms with Gasteiger partial charge in [0.15, 0.2) is 0 Å². The van der Waals surface area contributed by atoms with Crippen molar-refractivity contribution in [3.05, 3.63) is 0 Å². The van der Waals surface area contributed by atoms with Crippen molar-refractivity contribution >= 4 is 17.7 Å². The highest BCUT2D eigenvalue weighted by Crippen LogP contribution is 2.35. The third-order valence-corrected chi connectivity index (χ3v) is 6.81. The van der Waals surface area contributed by atoms with Crippen molar-refractivity contribution in [2.45, 2.75) is 46.1 Å². The van der Waals surface area contributed by atoms with Crippen molar-refractivity contribution in [2.24, 2.45) is 11.3 Å². The molecule has 14 nitrogen and oxygen atoms in total. The number of ether oxygens (including phenoxy) is 9. The maximum atomic E-state index is 12.6. The first kappa shape index (κ1) is 41.3. The molecular weight excluding hydrogens is 592 g/mol. The summed E-state index contributed by atoms with van der Waals surface area (Å²) in [7, 11) is 3.25. The number of hydrogen-bond acceptors (Lipinski definition) is 12. The molecule has 3 amide bonds. The van der Waals surface area contributed by atoms with Gasteiger partial charge in [0.2, 0.25) is 17.7 Å². The second-order valence-corrected chi connectivity index (χ2v) is 11.5. The molecule has 14 heteroatoms. The van der Waals surface area contributed by atoms with Gasteiger partial charge in [-0.1, -0.05) is 20.8 Å². The molecular formula is C31H58N2O12. The normalized spacial score (nSPS) is 16.1. The van der Waals surface area contributed by atoms with Gasteiger partial charge in [-0.15, -0.1) is 0 Å². The third-order valence-electron chi connectivity index (χ3n) is 6.81. The molecule has 1 N–H and O–H groups in total. The molecule has 2 unspecified atom stereocenters. The van der Waals surface area contributed by atoms with Gasteiger partial charge < -0.3 is 47.9 Å². The molecule has 45 heavy (non-hydrogen) atoms. The fourth-order valence-electron chi connectivity index (χ4n) is 4.19. The molecule has 1 fully saturated rings. The number of nitrogens with one attached hydrogen (secondary N) is 1. The SMILES string of the molecule is COCCOCCOCCOCC(COCCCNC(=O)CCN1C(=O)CC(C(C)(C)C)C1=O)OCCOCCOCCOC. The van der Waals surface area contributed by atoms with Gasteiger partial charge in [0, 0.05) is 46.8 Å². The number of amides is 3. The van der Waals surface area contributed by atoms with Gasteiger partial charge in [0.05, 0.1) is 98.4 Å². The maximum absolute atomic E-state index is 12.6. The molecule has 1 saturated heterocycles. The van der Waals surface area contributed by atoms with E-state index in [1.165, 1.54) is 4.90 Å². The van der Waals surface area contributed by atoms with Crippen LogP contribution < -0.4 is 5.32 Å². The first-order valence-corrected chi connectivity index (χ1v) is 15.9. The molecule has 0 aliphatic carbocycles. The number of imide groups is 1. The van der Waals surface area contributed by atoms with Crippen molar-refractivity contribution in [3.63, 3.8) is 0 Å². The van der Waals surface area contributed by atoms with Crippen LogP contribution in [0, 0.1) is 11.3 Å². The summed E-state index contributed by atoms with van der Waals surface area (Å²) >= 11 is 0. The fraction of sp³-hybridized carbons (Fsp3) is 0.903. The van der Waals surface area contributed by atoms with Gasteiger partial charge in [0.25, 0.3) is 0 Å². The zero-order valence-electron chi connectivity index (χ0n) is 28.1. The summed E-state index contributed by atoms with van der Waals surface area (Å²) in [5.41, 5.74) is -0.290. The van der Waals surface area contributed by atoms with E-state index in [1.807, 2.05) is 20.8 Å². The predicted octanol–water partition coefficient (Wildman–Crippen LogP) is 1.08. The Balaban J connectivity index is 2.24. The van der Waals surface area contributed by atoms with Crippen LogP contribution in [0.5, 0.6) is 0 Å². The van der Waals surface area contributed by atoms with E-state index in [0.717, 1.165) is 0 Å². The lowest BCUT2D eigenvalue weighted by Crippen LogP contribution is -2.37. The maximum Gasteiger partial charge on any atom is 0.233 e. The van der Waals surface area contributed by atoms with E-state index in [0.29, 0.717) is 112 Å². The number of likely N-dealkylation sites (tertiary alicyclic amines) is 1. The average molecular weight is 651 g/mol. The zero-order chi connectivity index (χ0) is 33.2. The summed E-state index contributed by atoms with van der Waals surface area (Å²) in [6, 6.07) is 0. The fourth-order valence-corrected chi connectivity index (χ4v) is 4.19. The van der Waals surface area contributed by atoms with E-state index < -0.39 is 0 Å². The van der Waals surface area contributed by atoms with Gasteiger partial charge >= 0.3 is 0 Å². The molecule has 0 aromatic rings. The van der Waals surface area contributed by atoms with Gasteiger partial charge in [-0.2, -0.15) is 0 Å². The highest BCUT2D eigenvalue weighted by Gasteiger charge is 2.44. The minimum Gasteiger partial charge on any atom is -0.382 e. The van der Waals surface area contributed by atoms with Crippen LogP contribution in [-0.4, -0.2) is 155 Å². The highest BCUT2D eigenvalue weighted by molar-refractivity contribution is 6.04. The van der Waals surface area contributed by atoms with Crippen molar-refractivity contribution in [1.82, 2.24) is 10.2 Å². The van der Waals surface area contributed by atoms with Gasteiger partial charge in [-0.3, -0.25) is 19.3 Å². The summed E-state index contributed by atoms with van der Waals surface area (Å²) in [6.07, 6.45) is 0.576. The Morgan fingerprint density at radius 2 is 1.24 bits per heavy atom. The summed E-state index contributed by atoms with van der Waals surface area (Å²) < 4.78 is 49.0. The van der Waals surface area contributed by atoms with Crippen LogP contribution in [-0.2, 0) is 57.0 Å². The minimum absolute atomic E-state index is 0.0777. The Kier molecular flexibility index (Phi) is 24.2. The summed E-state index contributed by atoms with van der Waals surface area (Å²) in [5, 5.41) is 2.82. The van der Waals surface area contributed by atoms with Crippen molar-refractivity contribution < 1.29 is 57.0 Å². The Morgan fingerprint density at radius 1 is 0.756 bits per heavy atom. The van der Waals surface area contributed by atoms with Crippen LogP contribution in [0.2, 0.25) is 0 Å². The van der Waals surface area contributed by atoms with Gasteiger partial charge in [0.1, 0.15) is 6.10 Å². The van der Waals surface area contributed by atoms with Crippen molar-refractivity contribution in [2.75, 3.05) is 126 Å². The highest BCUT2D eigenvalue weighted by atomic mass is 16.6. The third kappa shape index (κ3) is 20.9. The quantitative estimate of drug-likeness (QED) is 0.0876. The Bertz CT molecular complexity index is 780. The van der Waals surface area contributed by atoms with Gasteiger partial charge in [-0.25, -0.2) is 0 Å². The number of hydrogen-bond donors (Lipinski definition) is 1. The molecule has 0 aromatic heterocycles. The lowest BCUT2D eigenvalue weighted by molar-refractivity contribution is -0.140. The molecule has 1 aliphatic rings. The number of carbonyl (C=O) groups excluding carboxylic acids is 3. The van der Waals surface area contributed by atoms with E-state index >= 15 is 0 Å². The summed E-state index contributed by atoms with van der Waals surface area (Å²) in [5.74, 6) is -0.955. The van der Waals surface area contributed by atoms with Gasteiger partial charge in [-0.05, 0) is 11.8 Å². The molecule has 0 saturated carbocycles. The largest absolute Gasteiger partial charge is 0.382 e. The van der Waals surface area contributed by atoms with Crippen LogP contribution >= 0.6 is 0 Å². The first-order chi connectivity index (χ1) is 21.7. The zero-order valence-corrected chi connectivity index (χ0v) is 28.1. The number of methoxy groups -OCH3 is 2. The van der Waals surface area contributed by atoms with Crippen LogP contribution in [0.3, 0.4) is 0 Å². The Morgan fingerprint density at radius 3 is 1.76 bits per heavy atom. The second-order valence-electron chi connectivity index (χ2n) is 11.5. The molecule has 0 radical (unpaired) electrons. The predicted molar refractivity (Wildman–Crippen MR) is 165 cm³/mol. The first-order valence-electron chi connectivity index (χ1n) is 15.9. The summed E-state index contributed by atoms with van der Waals surface area (Å²) in [6.45, 7) is 13.1. The van der Waals surface area contributed by atoms with E-state index in [2.05, 4.69) is 5.32 Å². The topological polar surface area (TPSA) is 150 Å². The minimum atomic E-state index is -0.341. The lowest BCUT2D eigenvalue weighted by Gasteiger charge is -2.24. The van der Waals surface area contributed by atoms with E-state index in [4.69, 9.17) is 42.6 Å². The molecule has 1 aliphatic heterocycles. The number of rotatable bonds is 30. The molecule has 264 valence electrons. The molecule has 1 rings (SSSR count). The monoisotopic (exact) mass is 650 g/mol. The average Bonchev–Trinajstić information content (AvgIpc) is 3.30. The molecule has 1 heterocycles. The second kappa shape index (κ2) is 26.3. The van der Waals surface area contributed by atoms with E-state index in [9.17, 15) is 14.4 Å². The van der Waals surface area contributed by atoms with Crippen molar-refractivity contribution in [1.29, 1.82) is 0 Å². The summed E-state index contributed by atoms with van der Waals surface area (Å²) in [4.78, 5) is 38.4. The Hall–Kier alpha value is -1.75. The van der Waals surface area contributed by atoms with Crippen LogP contribution in [0.25, 0.3) is 0 Å². The number of carbonyl (C=O) groups is 3. The molecule has 0 bridgehead atoms. The van der Waals surface area contributed by atoms with E-state index in [-0.39, 0.29) is 54.5 Å². The van der Waals surface area contributed by atoms with Crippen molar-refractivity contribution in [3.8, 4) is 0 Å². The number of nitrogens with zero attached hydrogens (tertiary/aromatic N) is 1. The molecule has 0 aromatic carbocycles. The Labute approximate surface area is 268 Å². The van der Waals surface area contributed by atoms with Crippen LogP contribution in [0.15, 0.2) is 0 Å². The lowest BCUT2D eigenvalue weighted by atomic mass is 9.80. The van der Waals surface area contributed by atoms with E-state index in [1.54, 1.807) is 14.2 Å². The standard InChI is InChI=1S/C31H58N2O12/c1-31(2,3)27-23-29(35)33(30(27)36)9-7-28(34)32-8-6-10-43-24-26(45-22-21-42-18-16-40-14-12-38-5)25-44-20-19-41-17-15-39-13-11-37-4/h26-27H,6-25H2,1-5H3,(H,32,34).